The van der Waals surface area contributed by atoms with Crippen molar-refractivity contribution < 1.29 is 0 Å². The quantitative estimate of drug-likeness (QED) is 0.685. The molecule has 1 aromatic carbocycles. The summed E-state index contributed by atoms with van der Waals surface area (Å²) >= 11 is 0. The molecule has 0 saturated heterocycles. The van der Waals surface area contributed by atoms with E-state index in [9.17, 15) is 9.59 Å². The number of nitrogens with zero attached hydrogens (tertiary/aromatic N) is 3. The molecular formula is C21H21N3O2. The second-order valence-electron chi connectivity index (χ2n) is 8.38. The highest BCUT2D eigenvalue weighted by Crippen LogP contribution is 2.71. The van der Waals surface area contributed by atoms with E-state index in [-0.39, 0.29) is 34.3 Å². The fourth-order valence-electron chi connectivity index (χ4n) is 6.38. The Kier molecular flexibility index (Phi) is 2.28. The van der Waals surface area contributed by atoms with Gasteiger partial charge in [-0.15, -0.1) is 0 Å². The summed E-state index contributed by atoms with van der Waals surface area (Å²) in [5, 5.41) is 0. The number of benzene rings is 1. The number of hydrogen-bond acceptors (Lipinski definition) is 2. The summed E-state index contributed by atoms with van der Waals surface area (Å²) in [7, 11) is 1.58. The van der Waals surface area contributed by atoms with E-state index in [1.807, 2.05) is 0 Å². The van der Waals surface area contributed by atoms with Crippen LogP contribution in [0.3, 0.4) is 0 Å². The van der Waals surface area contributed by atoms with Crippen LogP contribution in [0.2, 0.25) is 0 Å². The van der Waals surface area contributed by atoms with E-state index in [1.165, 1.54) is 26.8 Å². The Hall–Kier alpha value is -2.56. The number of aryl methyl sites for hydroxylation is 2. The molecule has 3 heterocycles. The first-order chi connectivity index (χ1) is 12.4. The highest BCUT2D eigenvalue weighted by Gasteiger charge is 2.70. The maximum atomic E-state index is 12.9. The largest absolute Gasteiger partial charge is 0.347 e. The van der Waals surface area contributed by atoms with Crippen LogP contribution in [-0.2, 0) is 18.9 Å². The molecular weight excluding hydrogens is 326 g/mol. The maximum Gasteiger partial charge on any atom is 0.347 e. The first-order valence-electron chi connectivity index (χ1n) is 9.32. The molecule has 0 fully saturated rings. The fraction of sp³-hybridized carbons (Fsp3) is 0.429. The van der Waals surface area contributed by atoms with Gasteiger partial charge in [-0.1, -0.05) is 36.4 Å². The molecule has 3 aliphatic carbocycles. The lowest BCUT2D eigenvalue weighted by Crippen LogP contribution is -2.68. The van der Waals surface area contributed by atoms with Crippen molar-refractivity contribution in [3.05, 3.63) is 79.7 Å². The standard InChI is InChI=1S/C21H21N3O2/c1-12-4-5-13(2)17-14(12)8-9-20-10-11-21(17,20)16-7-6-15(20)23-18(25)22(3)19(26)24(16)23/h4-7,10-11,15-16H,8-9H2,1-3H3/t15-,16-,20+,21-/m1/s1. The summed E-state index contributed by atoms with van der Waals surface area (Å²) in [4.78, 5) is 25.7. The summed E-state index contributed by atoms with van der Waals surface area (Å²) in [5.74, 6) is 0. The van der Waals surface area contributed by atoms with Crippen molar-refractivity contribution in [3.8, 4) is 0 Å². The molecule has 5 heteroatoms. The van der Waals surface area contributed by atoms with Gasteiger partial charge in [-0.25, -0.2) is 23.5 Å². The minimum atomic E-state index is -0.215. The van der Waals surface area contributed by atoms with E-state index in [4.69, 9.17) is 0 Å². The lowest BCUT2D eigenvalue weighted by Gasteiger charge is -2.67. The van der Waals surface area contributed by atoms with Gasteiger partial charge in [0, 0.05) is 12.5 Å². The molecule has 0 saturated carbocycles. The Morgan fingerprint density at radius 1 is 0.962 bits per heavy atom. The Balaban J connectivity index is 1.78. The number of fused-ring (bicyclic) bond motifs is 1. The van der Waals surface area contributed by atoms with E-state index < -0.39 is 0 Å². The lowest BCUT2D eigenvalue weighted by molar-refractivity contribution is -0.00767. The van der Waals surface area contributed by atoms with Crippen LogP contribution in [-0.4, -0.2) is 13.9 Å². The second kappa shape index (κ2) is 4.05. The number of allylic oxidation sites excluding steroid dienone is 4. The molecule has 132 valence electrons. The molecule has 7 rings (SSSR count). The van der Waals surface area contributed by atoms with Gasteiger partial charge in [0.2, 0.25) is 0 Å². The molecule has 26 heavy (non-hydrogen) atoms. The third-order valence-electron chi connectivity index (χ3n) is 7.57. The third-order valence-corrected chi connectivity index (χ3v) is 7.57. The van der Waals surface area contributed by atoms with Crippen LogP contribution in [0.25, 0.3) is 0 Å². The Bertz CT molecular complexity index is 1190. The summed E-state index contributed by atoms with van der Waals surface area (Å²) in [6.45, 7) is 4.37. The first kappa shape index (κ1) is 14.6. The molecule has 4 atom stereocenters. The van der Waals surface area contributed by atoms with Crippen LogP contribution in [0.1, 0.15) is 40.8 Å². The monoisotopic (exact) mass is 347 g/mol. The van der Waals surface area contributed by atoms with Crippen molar-refractivity contribution in [2.75, 3.05) is 0 Å². The molecule has 2 aromatic rings. The molecule has 0 N–H and O–H groups in total. The zero-order valence-corrected chi connectivity index (χ0v) is 15.2. The van der Waals surface area contributed by atoms with Crippen LogP contribution >= 0.6 is 0 Å². The van der Waals surface area contributed by atoms with Gasteiger partial charge in [-0.2, -0.15) is 0 Å². The first-order valence-corrected chi connectivity index (χ1v) is 9.32. The van der Waals surface area contributed by atoms with Crippen LogP contribution in [0.4, 0.5) is 0 Å². The van der Waals surface area contributed by atoms with Gasteiger partial charge in [0.1, 0.15) is 0 Å². The Morgan fingerprint density at radius 3 is 2.31 bits per heavy atom. The van der Waals surface area contributed by atoms with Crippen LogP contribution in [0.15, 0.2) is 46.0 Å². The zero-order chi connectivity index (χ0) is 18.0. The molecule has 2 bridgehead atoms. The van der Waals surface area contributed by atoms with Crippen LogP contribution in [0, 0.1) is 19.3 Å². The Labute approximate surface area is 150 Å². The van der Waals surface area contributed by atoms with Crippen molar-refractivity contribution in [1.82, 2.24) is 13.9 Å². The summed E-state index contributed by atoms with van der Waals surface area (Å²) in [6.07, 6.45) is 11.0. The fourth-order valence-corrected chi connectivity index (χ4v) is 6.38. The van der Waals surface area contributed by atoms with Gasteiger partial charge in [-0.3, -0.25) is 0 Å². The SMILES string of the molecule is Cc1ccc(C)c2c1CC[C@@]13C=C[C@@]21[C@H]1C=C[C@H]3n2c(=O)n(C)c(=O)n21. The van der Waals surface area contributed by atoms with Crippen molar-refractivity contribution in [1.29, 1.82) is 0 Å². The zero-order valence-electron chi connectivity index (χ0n) is 15.2. The minimum Gasteiger partial charge on any atom is -0.246 e. The van der Waals surface area contributed by atoms with E-state index in [2.05, 4.69) is 50.3 Å². The predicted molar refractivity (Wildman–Crippen MR) is 98.6 cm³/mol. The number of aromatic nitrogens is 3. The average Bonchev–Trinajstić information content (AvgIpc) is 2.85. The van der Waals surface area contributed by atoms with Crippen LogP contribution in [0.5, 0.6) is 0 Å². The molecule has 0 unspecified atom stereocenters. The van der Waals surface area contributed by atoms with E-state index >= 15 is 0 Å². The lowest BCUT2D eigenvalue weighted by atomic mass is 9.40. The topological polar surface area (TPSA) is 48.9 Å². The highest BCUT2D eigenvalue weighted by atomic mass is 16.2. The van der Waals surface area contributed by atoms with E-state index in [0.29, 0.717) is 0 Å². The summed E-state index contributed by atoms with van der Waals surface area (Å²) in [6, 6.07) is 4.19. The van der Waals surface area contributed by atoms with Crippen LogP contribution < -0.4 is 11.4 Å². The molecule has 5 aliphatic rings. The van der Waals surface area contributed by atoms with Crippen molar-refractivity contribution in [2.24, 2.45) is 12.5 Å². The number of rotatable bonds is 0. The summed E-state index contributed by atoms with van der Waals surface area (Å²) in [5.41, 5.74) is 4.71. The van der Waals surface area contributed by atoms with Gasteiger partial charge in [0.05, 0.1) is 17.5 Å². The molecule has 0 amide bonds. The van der Waals surface area contributed by atoms with E-state index in [1.54, 1.807) is 16.4 Å². The summed E-state index contributed by atoms with van der Waals surface area (Å²) < 4.78 is 4.68. The molecule has 1 aromatic heterocycles. The number of hydrogen-bond donors (Lipinski definition) is 0. The smallest absolute Gasteiger partial charge is 0.246 e. The van der Waals surface area contributed by atoms with Gasteiger partial charge < -0.3 is 0 Å². The van der Waals surface area contributed by atoms with Crippen molar-refractivity contribution in [2.45, 2.75) is 44.2 Å². The molecule has 5 nitrogen and oxygen atoms in total. The normalized spacial score (nSPS) is 34.7. The average molecular weight is 347 g/mol. The van der Waals surface area contributed by atoms with Crippen molar-refractivity contribution >= 4 is 0 Å². The minimum absolute atomic E-state index is 0.0908. The highest BCUT2D eigenvalue weighted by molar-refractivity contribution is 5.60. The Morgan fingerprint density at radius 2 is 1.62 bits per heavy atom. The maximum absolute atomic E-state index is 12.9. The van der Waals surface area contributed by atoms with Gasteiger partial charge in [0.25, 0.3) is 0 Å². The predicted octanol–water partition coefficient (Wildman–Crippen LogP) is 2.07. The van der Waals surface area contributed by atoms with Gasteiger partial charge in [-0.05, 0) is 48.9 Å². The second-order valence-corrected chi connectivity index (χ2v) is 8.38. The molecule has 0 spiro atoms. The molecule has 2 aliphatic heterocycles. The van der Waals surface area contributed by atoms with E-state index in [0.717, 1.165) is 12.8 Å². The van der Waals surface area contributed by atoms with Gasteiger partial charge >= 0.3 is 11.4 Å². The van der Waals surface area contributed by atoms with Gasteiger partial charge in [0.15, 0.2) is 0 Å². The van der Waals surface area contributed by atoms with Crippen molar-refractivity contribution in [3.63, 3.8) is 0 Å². The third kappa shape index (κ3) is 1.17. The molecule has 0 radical (unpaired) electrons.